The van der Waals surface area contributed by atoms with Crippen molar-refractivity contribution in [1.82, 2.24) is 0 Å². The summed E-state index contributed by atoms with van der Waals surface area (Å²) in [5, 5.41) is 0. The summed E-state index contributed by atoms with van der Waals surface area (Å²) < 4.78 is 0. The zero-order chi connectivity index (χ0) is 22.2. The molecule has 0 nitrogen and oxygen atoms in total. The molecule has 0 bridgehead atoms. The van der Waals surface area contributed by atoms with E-state index in [4.69, 9.17) is 0 Å². The molecule has 0 aliphatic carbocycles. The predicted octanol–water partition coefficient (Wildman–Crippen LogP) is 10.2. The Balaban J connectivity index is 2.19. The largest absolute Gasteiger partial charge is 0.0654 e. The molecule has 0 aromatic heterocycles. The van der Waals surface area contributed by atoms with Crippen molar-refractivity contribution in [1.29, 1.82) is 0 Å². The average molecular weight is 421 g/mol. The lowest BCUT2D eigenvalue weighted by molar-refractivity contribution is 0.284. The molecule has 1 atom stereocenters. The minimum Gasteiger partial charge on any atom is -0.0654 e. The lowest BCUT2D eigenvalue weighted by atomic mass is 9.63. The van der Waals surface area contributed by atoms with Gasteiger partial charge in [-0.2, -0.15) is 0 Å². The van der Waals surface area contributed by atoms with Gasteiger partial charge in [-0.15, -0.1) is 0 Å². The zero-order valence-corrected chi connectivity index (χ0v) is 20.8. The Hall–Kier alpha value is -1.56. The van der Waals surface area contributed by atoms with E-state index in [-0.39, 0.29) is 5.41 Å². The van der Waals surface area contributed by atoms with Crippen molar-refractivity contribution in [2.24, 2.45) is 0 Å². The lowest BCUT2D eigenvalue weighted by Gasteiger charge is -2.41. The van der Waals surface area contributed by atoms with E-state index in [1.807, 2.05) is 0 Å². The van der Waals surface area contributed by atoms with Crippen LogP contribution >= 0.6 is 0 Å². The molecule has 0 aliphatic rings. The molecule has 2 aromatic carbocycles. The van der Waals surface area contributed by atoms with Crippen LogP contribution in [0.5, 0.6) is 0 Å². The number of benzene rings is 2. The van der Waals surface area contributed by atoms with Crippen molar-refractivity contribution in [3.63, 3.8) is 0 Å². The van der Waals surface area contributed by atoms with Gasteiger partial charge in [-0.05, 0) is 29.9 Å². The molecule has 2 rings (SSSR count). The van der Waals surface area contributed by atoms with Gasteiger partial charge < -0.3 is 0 Å². The van der Waals surface area contributed by atoms with Crippen molar-refractivity contribution in [2.45, 2.75) is 122 Å². The summed E-state index contributed by atoms with van der Waals surface area (Å²) in [6.07, 6.45) is 19.1. The SMILES string of the molecule is CCCCCCCCC(CCCCCCCC)(c1ccccc1)C(C)c1ccccc1. The van der Waals surface area contributed by atoms with Crippen LogP contribution in [0.1, 0.15) is 128 Å². The van der Waals surface area contributed by atoms with Crippen molar-refractivity contribution in [3.8, 4) is 0 Å². The number of hydrogen-bond donors (Lipinski definition) is 0. The maximum absolute atomic E-state index is 2.50. The maximum Gasteiger partial charge on any atom is 0.00190 e. The Kier molecular flexibility index (Phi) is 12.7. The molecule has 31 heavy (non-hydrogen) atoms. The Morgan fingerprint density at radius 1 is 0.548 bits per heavy atom. The molecule has 2 aromatic rings. The number of hydrogen-bond acceptors (Lipinski definition) is 0. The molecule has 0 heteroatoms. The van der Waals surface area contributed by atoms with E-state index in [0.29, 0.717) is 5.92 Å². The predicted molar refractivity (Wildman–Crippen MR) is 139 cm³/mol. The zero-order valence-electron chi connectivity index (χ0n) is 20.8. The van der Waals surface area contributed by atoms with Gasteiger partial charge in [0, 0.05) is 5.41 Å². The van der Waals surface area contributed by atoms with Crippen molar-refractivity contribution in [3.05, 3.63) is 71.8 Å². The van der Waals surface area contributed by atoms with E-state index in [2.05, 4.69) is 81.4 Å². The first-order chi connectivity index (χ1) is 15.2. The van der Waals surface area contributed by atoms with E-state index in [9.17, 15) is 0 Å². The second-order valence-corrected chi connectivity index (χ2v) is 9.69. The molecular weight excluding hydrogens is 372 g/mol. The highest BCUT2D eigenvalue weighted by molar-refractivity contribution is 5.33. The summed E-state index contributed by atoms with van der Waals surface area (Å²) in [6, 6.07) is 22.8. The molecule has 172 valence electrons. The summed E-state index contributed by atoms with van der Waals surface area (Å²) in [4.78, 5) is 0. The van der Waals surface area contributed by atoms with E-state index >= 15 is 0 Å². The summed E-state index contributed by atoms with van der Waals surface area (Å²) in [5.74, 6) is 0.544. The smallest absolute Gasteiger partial charge is 0.00190 e. The molecule has 0 amide bonds. The standard InChI is InChI=1S/C31H48/c1-4-6-8-10-12-20-26-31(30-24-18-15-19-25-30,27-21-13-11-9-7-5-2)28(3)29-22-16-14-17-23-29/h14-19,22-25,28H,4-13,20-21,26-27H2,1-3H3. The molecule has 0 heterocycles. The molecule has 0 radical (unpaired) electrons. The normalized spacial score (nSPS) is 12.7. The van der Waals surface area contributed by atoms with E-state index in [0.717, 1.165) is 0 Å². The number of unbranched alkanes of at least 4 members (excludes halogenated alkanes) is 10. The van der Waals surface area contributed by atoms with Gasteiger partial charge in [0.25, 0.3) is 0 Å². The van der Waals surface area contributed by atoms with Crippen LogP contribution in [-0.2, 0) is 5.41 Å². The highest BCUT2D eigenvalue weighted by atomic mass is 14.4. The van der Waals surface area contributed by atoms with E-state index in [1.54, 1.807) is 5.56 Å². The second kappa shape index (κ2) is 15.3. The average Bonchev–Trinajstić information content (AvgIpc) is 2.83. The number of rotatable bonds is 17. The fourth-order valence-electron chi connectivity index (χ4n) is 5.37. The molecule has 0 saturated heterocycles. The Morgan fingerprint density at radius 3 is 1.45 bits per heavy atom. The van der Waals surface area contributed by atoms with Gasteiger partial charge in [0.1, 0.15) is 0 Å². The van der Waals surface area contributed by atoms with Gasteiger partial charge >= 0.3 is 0 Å². The summed E-state index contributed by atoms with van der Waals surface area (Å²) >= 11 is 0. The van der Waals surface area contributed by atoms with Crippen LogP contribution in [0.4, 0.5) is 0 Å². The highest BCUT2D eigenvalue weighted by Gasteiger charge is 2.37. The molecule has 0 aliphatic heterocycles. The van der Waals surface area contributed by atoms with Crippen LogP contribution in [0.15, 0.2) is 60.7 Å². The lowest BCUT2D eigenvalue weighted by Crippen LogP contribution is -2.33. The van der Waals surface area contributed by atoms with Crippen LogP contribution < -0.4 is 0 Å². The first-order valence-corrected chi connectivity index (χ1v) is 13.3. The van der Waals surface area contributed by atoms with Crippen molar-refractivity contribution in [2.75, 3.05) is 0 Å². The van der Waals surface area contributed by atoms with Gasteiger partial charge in [-0.1, -0.05) is 158 Å². The van der Waals surface area contributed by atoms with Gasteiger partial charge in [0.05, 0.1) is 0 Å². The molecule has 0 spiro atoms. The Bertz CT molecular complexity index is 641. The molecule has 0 fully saturated rings. The monoisotopic (exact) mass is 420 g/mol. The fourth-order valence-corrected chi connectivity index (χ4v) is 5.37. The van der Waals surface area contributed by atoms with Crippen LogP contribution in [0.25, 0.3) is 0 Å². The van der Waals surface area contributed by atoms with Gasteiger partial charge in [0.15, 0.2) is 0 Å². The van der Waals surface area contributed by atoms with Gasteiger partial charge in [-0.25, -0.2) is 0 Å². The van der Waals surface area contributed by atoms with Crippen LogP contribution in [0.3, 0.4) is 0 Å². The van der Waals surface area contributed by atoms with Gasteiger partial charge in [-0.3, -0.25) is 0 Å². The third-order valence-electron chi connectivity index (χ3n) is 7.43. The highest BCUT2D eigenvalue weighted by Crippen LogP contribution is 2.47. The summed E-state index contributed by atoms with van der Waals surface area (Å²) in [6.45, 7) is 7.11. The first kappa shape index (κ1) is 25.7. The fraction of sp³-hybridized carbons (Fsp3) is 0.613. The van der Waals surface area contributed by atoms with Crippen LogP contribution in [-0.4, -0.2) is 0 Å². The van der Waals surface area contributed by atoms with E-state index in [1.165, 1.54) is 95.5 Å². The summed E-state index contributed by atoms with van der Waals surface area (Å²) in [7, 11) is 0. The van der Waals surface area contributed by atoms with Crippen molar-refractivity contribution < 1.29 is 0 Å². The second-order valence-electron chi connectivity index (χ2n) is 9.69. The quantitative estimate of drug-likeness (QED) is 0.223. The Labute approximate surface area is 193 Å². The molecule has 0 N–H and O–H groups in total. The molecule has 1 unspecified atom stereocenters. The van der Waals surface area contributed by atoms with E-state index < -0.39 is 0 Å². The van der Waals surface area contributed by atoms with Gasteiger partial charge in [0.2, 0.25) is 0 Å². The molecule has 0 saturated carbocycles. The minimum absolute atomic E-state index is 0.248. The summed E-state index contributed by atoms with van der Waals surface area (Å²) in [5.41, 5.74) is 3.31. The van der Waals surface area contributed by atoms with Crippen LogP contribution in [0.2, 0.25) is 0 Å². The topological polar surface area (TPSA) is 0 Å². The Morgan fingerprint density at radius 2 is 0.968 bits per heavy atom. The van der Waals surface area contributed by atoms with Crippen LogP contribution in [0, 0.1) is 0 Å². The minimum atomic E-state index is 0.248. The maximum atomic E-state index is 2.50. The third kappa shape index (κ3) is 8.47. The first-order valence-electron chi connectivity index (χ1n) is 13.3. The third-order valence-corrected chi connectivity index (χ3v) is 7.43. The molecular formula is C31H48. The van der Waals surface area contributed by atoms with Crippen molar-refractivity contribution >= 4 is 0 Å².